The van der Waals surface area contributed by atoms with E-state index in [4.69, 9.17) is 23.8 Å². The first-order valence-electron chi connectivity index (χ1n) is 11.8. The Bertz CT molecular complexity index is 1560. The van der Waals surface area contributed by atoms with Gasteiger partial charge in [0.25, 0.3) is 11.8 Å². The highest BCUT2D eigenvalue weighted by molar-refractivity contribution is 7.80. The van der Waals surface area contributed by atoms with Crippen LogP contribution < -0.4 is 4.90 Å². The highest BCUT2D eigenvalue weighted by Gasteiger charge is 2.42. The fourth-order valence-corrected chi connectivity index (χ4v) is 5.05. The van der Waals surface area contributed by atoms with E-state index in [1.165, 1.54) is 9.80 Å². The van der Waals surface area contributed by atoms with Gasteiger partial charge in [-0.15, -0.1) is 0 Å². The van der Waals surface area contributed by atoms with Crippen molar-refractivity contribution in [3.63, 3.8) is 0 Å². The zero-order chi connectivity index (χ0) is 25.9. The van der Waals surface area contributed by atoms with Crippen LogP contribution in [0, 0.1) is 0 Å². The Morgan fingerprint density at radius 3 is 2.24 bits per heavy atom. The smallest absolute Gasteiger partial charge is 0.270 e. The lowest BCUT2D eigenvalue weighted by molar-refractivity contribution is -0.129. The predicted molar refractivity (Wildman–Crippen MR) is 154 cm³/mol. The molecule has 0 aromatic heterocycles. The van der Waals surface area contributed by atoms with Crippen LogP contribution in [0.15, 0.2) is 115 Å². The molecule has 4 aromatic rings. The Labute approximate surface area is 226 Å². The van der Waals surface area contributed by atoms with Gasteiger partial charge in [0.05, 0.1) is 11.7 Å². The predicted octanol–water partition coefficient (Wildman–Crippen LogP) is 7.35. The Kier molecular flexibility index (Phi) is 6.99. The van der Waals surface area contributed by atoms with Gasteiger partial charge in [-0.3, -0.25) is 19.4 Å². The lowest BCUT2D eigenvalue weighted by Gasteiger charge is -2.40. The first-order valence-corrected chi connectivity index (χ1v) is 12.6. The van der Waals surface area contributed by atoms with Gasteiger partial charge in [-0.2, -0.15) is 0 Å². The molecule has 4 aromatic carbocycles. The van der Waals surface area contributed by atoms with Crippen molar-refractivity contribution in [3.05, 3.63) is 131 Å². The van der Waals surface area contributed by atoms with Crippen LogP contribution in [0.1, 0.15) is 24.1 Å². The molecule has 0 bridgehead atoms. The second-order valence-corrected chi connectivity index (χ2v) is 9.47. The van der Waals surface area contributed by atoms with E-state index in [9.17, 15) is 9.59 Å². The SMILES string of the molecule is CC(c1cccc2ccccc12)N1C(=O)/C(=C/C=C/c2ccccc2)C(=O)N(c2ccc(Cl)cc2)C1=S. The topological polar surface area (TPSA) is 40.6 Å². The van der Waals surface area contributed by atoms with Crippen molar-refractivity contribution in [2.45, 2.75) is 13.0 Å². The molecule has 1 aliphatic heterocycles. The van der Waals surface area contributed by atoms with Crippen LogP contribution in [-0.4, -0.2) is 21.8 Å². The van der Waals surface area contributed by atoms with Crippen molar-refractivity contribution in [1.82, 2.24) is 4.90 Å². The first kappa shape index (κ1) is 24.6. The van der Waals surface area contributed by atoms with Crippen molar-refractivity contribution in [3.8, 4) is 0 Å². The Balaban J connectivity index is 1.60. The van der Waals surface area contributed by atoms with Gasteiger partial charge in [0.15, 0.2) is 5.11 Å². The molecule has 1 aliphatic rings. The number of nitrogens with zero attached hydrogens (tertiary/aromatic N) is 2. The summed E-state index contributed by atoms with van der Waals surface area (Å²) in [5.74, 6) is -0.908. The van der Waals surface area contributed by atoms with E-state index in [0.717, 1.165) is 21.9 Å². The van der Waals surface area contributed by atoms with Crippen LogP contribution in [0.3, 0.4) is 0 Å². The molecule has 1 saturated heterocycles. The van der Waals surface area contributed by atoms with E-state index < -0.39 is 17.9 Å². The van der Waals surface area contributed by atoms with Gasteiger partial charge >= 0.3 is 0 Å². The summed E-state index contributed by atoms with van der Waals surface area (Å²) in [6, 6.07) is 30.1. The summed E-state index contributed by atoms with van der Waals surface area (Å²) in [5, 5.41) is 2.76. The number of benzene rings is 4. The molecule has 0 saturated carbocycles. The Hall–Kier alpha value is -4.06. The quantitative estimate of drug-likeness (QED) is 0.156. The molecule has 182 valence electrons. The lowest BCUT2D eigenvalue weighted by Crippen LogP contribution is -2.57. The van der Waals surface area contributed by atoms with Crippen LogP contribution in [0.25, 0.3) is 16.8 Å². The summed E-state index contributed by atoms with van der Waals surface area (Å²) in [6.07, 6.45) is 5.13. The molecular formula is C31H23ClN2O2S. The van der Waals surface area contributed by atoms with Crippen LogP contribution >= 0.6 is 23.8 Å². The van der Waals surface area contributed by atoms with E-state index in [0.29, 0.717) is 10.7 Å². The molecule has 37 heavy (non-hydrogen) atoms. The molecule has 2 amide bonds. The van der Waals surface area contributed by atoms with Crippen LogP contribution in [-0.2, 0) is 9.59 Å². The number of fused-ring (bicyclic) bond motifs is 1. The largest absolute Gasteiger partial charge is 0.277 e. The maximum absolute atomic E-state index is 13.8. The maximum atomic E-state index is 13.8. The van der Waals surface area contributed by atoms with Crippen LogP contribution in [0.2, 0.25) is 5.02 Å². The van der Waals surface area contributed by atoms with Crippen LogP contribution in [0.5, 0.6) is 0 Å². The van der Waals surface area contributed by atoms with Gasteiger partial charge in [-0.1, -0.05) is 96.5 Å². The second-order valence-electron chi connectivity index (χ2n) is 8.67. The molecular weight excluding hydrogens is 500 g/mol. The number of allylic oxidation sites excluding steroid dienone is 2. The molecule has 5 rings (SSSR count). The minimum atomic E-state index is -0.476. The van der Waals surface area contributed by atoms with Gasteiger partial charge in [0, 0.05) is 5.02 Å². The van der Waals surface area contributed by atoms with Crippen molar-refractivity contribution < 1.29 is 9.59 Å². The van der Waals surface area contributed by atoms with Gasteiger partial charge in [0.2, 0.25) is 0 Å². The summed E-state index contributed by atoms with van der Waals surface area (Å²) in [7, 11) is 0. The normalized spacial score (nSPS) is 16.3. The zero-order valence-corrected chi connectivity index (χ0v) is 21.6. The number of carbonyl (C=O) groups excluding carboxylic acids is 2. The number of anilines is 1. The van der Waals surface area contributed by atoms with E-state index in [1.807, 2.05) is 85.8 Å². The highest BCUT2D eigenvalue weighted by Crippen LogP contribution is 2.34. The number of carbonyl (C=O) groups is 2. The number of rotatable bonds is 5. The third-order valence-corrected chi connectivity index (χ3v) is 7.01. The summed E-state index contributed by atoms with van der Waals surface area (Å²) in [6.45, 7) is 1.93. The summed E-state index contributed by atoms with van der Waals surface area (Å²) in [5.41, 5.74) is 2.47. The molecule has 6 heteroatoms. The zero-order valence-electron chi connectivity index (χ0n) is 20.0. The van der Waals surface area contributed by atoms with Gasteiger partial charge in [-0.05, 0) is 71.4 Å². The number of thiocarbonyl (C=S) groups is 1. The Morgan fingerprint density at radius 2 is 1.49 bits per heavy atom. The lowest BCUT2D eigenvalue weighted by atomic mass is 9.97. The molecule has 1 heterocycles. The monoisotopic (exact) mass is 522 g/mol. The molecule has 0 spiro atoms. The average molecular weight is 523 g/mol. The van der Waals surface area contributed by atoms with Gasteiger partial charge in [0.1, 0.15) is 5.57 Å². The van der Waals surface area contributed by atoms with Gasteiger partial charge in [-0.25, -0.2) is 0 Å². The number of amides is 2. The molecule has 4 nitrogen and oxygen atoms in total. The van der Waals surface area contributed by atoms with Crippen molar-refractivity contribution in [1.29, 1.82) is 0 Å². The molecule has 0 N–H and O–H groups in total. The third-order valence-electron chi connectivity index (χ3n) is 6.38. The fraction of sp³-hybridized carbons (Fsp3) is 0.0645. The molecule has 0 radical (unpaired) electrons. The van der Waals surface area contributed by atoms with Gasteiger partial charge < -0.3 is 0 Å². The standard InChI is InChI=1S/C31H23ClN2O2S/c1-21(26-15-8-13-23-12-5-6-14-27(23)26)33-29(35)28(16-7-11-22-9-3-2-4-10-22)30(36)34(31(33)37)25-19-17-24(32)18-20-25/h2-21H,1H3/b11-7+,28-16-. The number of hydrogen-bond acceptors (Lipinski definition) is 3. The summed E-state index contributed by atoms with van der Waals surface area (Å²) >= 11 is 11.9. The Morgan fingerprint density at radius 1 is 0.811 bits per heavy atom. The van der Waals surface area contributed by atoms with E-state index in [2.05, 4.69) is 0 Å². The average Bonchev–Trinajstić information content (AvgIpc) is 2.92. The minimum absolute atomic E-state index is 0.0304. The second kappa shape index (κ2) is 10.5. The van der Waals surface area contributed by atoms with Crippen molar-refractivity contribution in [2.24, 2.45) is 0 Å². The van der Waals surface area contributed by atoms with Crippen molar-refractivity contribution in [2.75, 3.05) is 4.90 Å². The van der Waals surface area contributed by atoms with Crippen LogP contribution in [0.4, 0.5) is 5.69 Å². The van der Waals surface area contributed by atoms with E-state index >= 15 is 0 Å². The number of hydrogen-bond donors (Lipinski definition) is 0. The van der Waals surface area contributed by atoms with E-state index in [1.54, 1.807) is 36.4 Å². The summed E-state index contributed by atoms with van der Waals surface area (Å²) in [4.78, 5) is 30.4. The highest BCUT2D eigenvalue weighted by atomic mass is 35.5. The number of halogens is 1. The van der Waals surface area contributed by atoms with Crippen molar-refractivity contribution >= 4 is 63.3 Å². The molecule has 1 unspecified atom stereocenters. The third kappa shape index (κ3) is 4.84. The maximum Gasteiger partial charge on any atom is 0.270 e. The van der Waals surface area contributed by atoms with E-state index in [-0.39, 0.29) is 10.7 Å². The molecule has 1 fully saturated rings. The first-order chi connectivity index (χ1) is 18.0. The molecule has 1 atom stereocenters. The fourth-order valence-electron chi connectivity index (χ4n) is 4.50. The molecule has 0 aliphatic carbocycles. The summed E-state index contributed by atoms with van der Waals surface area (Å²) < 4.78 is 0. The minimum Gasteiger partial charge on any atom is -0.277 e.